The number of carbonyl (C=O) groups excluding carboxylic acids is 1. The summed E-state index contributed by atoms with van der Waals surface area (Å²) in [5, 5.41) is 12.0. The molecule has 1 unspecified atom stereocenters. The molecule has 0 radical (unpaired) electrons. The van der Waals surface area contributed by atoms with Crippen LogP contribution in [0, 0.1) is 0 Å². The van der Waals surface area contributed by atoms with E-state index in [1.807, 2.05) is 6.07 Å². The van der Waals surface area contributed by atoms with Gasteiger partial charge in [-0.2, -0.15) is 0 Å². The van der Waals surface area contributed by atoms with Crippen LogP contribution in [-0.2, 0) is 19.7 Å². The highest BCUT2D eigenvalue weighted by Gasteiger charge is 2.37. The number of methoxy groups -OCH3 is 1. The van der Waals surface area contributed by atoms with Crippen LogP contribution in [0.2, 0.25) is 0 Å². The van der Waals surface area contributed by atoms with Gasteiger partial charge in [0.2, 0.25) is 5.91 Å². The minimum atomic E-state index is -1.22. The fraction of sp³-hybridized carbons (Fsp3) is 0.429. The minimum absolute atomic E-state index is 0.101. The van der Waals surface area contributed by atoms with Crippen molar-refractivity contribution in [3.63, 3.8) is 0 Å². The number of carboxylic acids is 1. The molecular weight excluding hydrogens is 246 g/mol. The van der Waals surface area contributed by atoms with E-state index in [0.29, 0.717) is 18.7 Å². The number of benzene rings is 1. The van der Waals surface area contributed by atoms with Crippen LogP contribution >= 0.6 is 0 Å². The SMILES string of the molecule is COCCNC(=O)CC(C)(C(=O)O)c1ccccc1. The van der Waals surface area contributed by atoms with Gasteiger partial charge in [-0.05, 0) is 12.5 Å². The van der Waals surface area contributed by atoms with Crippen molar-refractivity contribution >= 4 is 11.9 Å². The Morgan fingerprint density at radius 2 is 1.95 bits per heavy atom. The van der Waals surface area contributed by atoms with Gasteiger partial charge in [-0.1, -0.05) is 30.3 Å². The Labute approximate surface area is 112 Å². The molecule has 1 rings (SSSR count). The average molecular weight is 265 g/mol. The van der Waals surface area contributed by atoms with Gasteiger partial charge in [0.15, 0.2) is 0 Å². The third-order valence-corrected chi connectivity index (χ3v) is 3.03. The third kappa shape index (κ3) is 4.06. The summed E-state index contributed by atoms with van der Waals surface area (Å²) in [6, 6.07) is 8.77. The van der Waals surface area contributed by atoms with Crippen LogP contribution in [0.25, 0.3) is 0 Å². The van der Waals surface area contributed by atoms with Crippen LogP contribution in [-0.4, -0.2) is 37.2 Å². The second-order valence-corrected chi connectivity index (χ2v) is 4.52. The van der Waals surface area contributed by atoms with Crippen molar-refractivity contribution in [2.45, 2.75) is 18.8 Å². The molecule has 0 spiro atoms. The lowest BCUT2D eigenvalue weighted by molar-refractivity contribution is -0.145. The number of carboxylic acid groups (broad SMARTS) is 1. The van der Waals surface area contributed by atoms with Gasteiger partial charge in [-0.25, -0.2) is 0 Å². The molecule has 1 atom stereocenters. The molecule has 0 fully saturated rings. The number of carbonyl (C=O) groups is 2. The van der Waals surface area contributed by atoms with Gasteiger partial charge in [0.05, 0.1) is 12.0 Å². The first-order valence-corrected chi connectivity index (χ1v) is 6.05. The quantitative estimate of drug-likeness (QED) is 0.726. The number of ether oxygens (including phenoxy) is 1. The predicted molar refractivity (Wildman–Crippen MR) is 70.9 cm³/mol. The molecule has 5 nitrogen and oxygen atoms in total. The van der Waals surface area contributed by atoms with Crippen LogP contribution in [0.1, 0.15) is 18.9 Å². The van der Waals surface area contributed by atoms with Crippen molar-refractivity contribution in [1.29, 1.82) is 0 Å². The molecule has 1 aromatic rings. The summed E-state index contributed by atoms with van der Waals surface area (Å²) >= 11 is 0. The molecule has 0 aromatic heterocycles. The summed E-state index contributed by atoms with van der Waals surface area (Å²) in [6.07, 6.45) is -0.101. The molecule has 104 valence electrons. The van der Waals surface area contributed by atoms with Crippen molar-refractivity contribution in [2.24, 2.45) is 0 Å². The van der Waals surface area contributed by atoms with Gasteiger partial charge >= 0.3 is 5.97 Å². The Morgan fingerprint density at radius 3 is 2.47 bits per heavy atom. The number of hydrogen-bond donors (Lipinski definition) is 2. The van der Waals surface area contributed by atoms with Gasteiger partial charge in [0.1, 0.15) is 0 Å². The zero-order valence-corrected chi connectivity index (χ0v) is 11.2. The van der Waals surface area contributed by atoms with E-state index in [1.54, 1.807) is 31.2 Å². The Balaban J connectivity index is 2.78. The smallest absolute Gasteiger partial charge is 0.314 e. The Bertz CT molecular complexity index is 432. The van der Waals surface area contributed by atoms with Crippen LogP contribution in [0.5, 0.6) is 0 Å². The summed E-state index contributed by atoms with van der Waals surface area (Å²) in [6.45, 7) is 2.33. The standard InChI is InChI=1S/C14H19NO4/c1-14(13(17)18,11-6-4-3-5-7-11)10-12(16)15-8-9-19-2/h3-7H,8-10H2,1-2H3,(H,15,16)(H,17,18). The average Bonchev–Trinajstić information content (AvgIpc) is 2.39. The number of rotatable bonds is 7. The van der Waals surface area contributed by atoms with Crippen LogP contribution in [0.4, 0.5) is 0 Å². The Morgan fingerprint density at radius 1 is 1.32 bits per heavy atom. The maximum absolute atomic E-state index is 11.8. The molecule has 0 aliphatic rings. The monoisotopic (exact) mass is 265 g/mol. The fourth-order valence-corrected chi connectivity index (χ4v) is 1.78. The molecule has 0 aliphatic heterocycles. The number of hydrogen-bond acceptors (Lipinski definition) is 3. The van der Waals surface area contributed by atoms with Gasteiger partial charge in [0.25, 0.3) is 0 Å². The van der Waals surface area contributed by atoms with E-state index in [2.05, 4.69) is 5.32 Å². The van der Waals surface area contributed by atoms with Crippen LogP contribution < -0.4 is 5.32 Å². The third-order valence-electron chi connectivity index (χ3n) is 3.03. The molecule has 0 bridgehead atoms. The highest BCUT2D eigenvalue weighted by Crippen LogP contribution is 2.27. The van der Waals surface area contributed by atoms with E-state index >= 15 is 0 Å². The van der Waals surface area contributed by atoms with Crippen molar-refractivity contribution < 1.29 is 19.4 Å². The van der Waals surface area contributed by atoms with Crippen LogP contribution in [0.3, 0.4) is 0 Å². The molecule has 1 amide bonds. The van der Waals surface area contributed by atoms with Gasteiger partial charge in [-0.15, -0.1) is 0 Å². The van der Waals surface area contributed by atoms with Gasteiger partial charge in [0, 0.05) is 20.1 Å². The lowest BCUT2D eigenvalue weighted by Crippen LogP contribution is -2.39. The zero-order valence-electron chi connectivity index (χ0n) is 11.2. The zero-order chi connectivity index (χ0) is 14.3. The molecule has 5 heteroatoms. The summed E-state index contributed by atoms with van der Waals surface area (Å²) < 4.78 is 4.82. The second kappa shape index (κ2) is 6.89. The maximum atomic E-state index is 11.8. The Hall–Kier alpha value is -1.88. The molecule has 1 aromatic carbocycles. The minimum Gasteiger partial charge on any atom is -0.481 e. The highest BCUT2D eigenvalue weighted by molar-refractivity contribution is 5.89. The van der Waals surface area contributed by atoms with E-state index < -0.39 is 11.4 Å². The van der Waals surface area contributed by atoms with Gasteiger partial charge < -0.3 is 15.2 Å². The van der Waals surface area contributed by atoms with Crippen molar-refractivity contribution in [3.8, 4) is 0 Å². The van der Waals surface area contributed by atoms with E-state index in [0.717, 1.165) is 0 Å². The first kappa shape index (κ1) is 15.2. The first-order valence-electron chi connectivity index (χ1n) is 6.05. The van der Waals surface area contributed by atoms with Crippen LogP contribution in [0.15, 0.2) is 30.3 Å². The van der Waals surface area contributed by atoms with E-state index in [1.165, 1.54) is 7.11 Å². The van der Waals surface area contributed by atoms with Gasteiger partial charge in [-0.3, -0.25) is 9.59 Å². The molecule has 0 saturated heterocycles. The van der Waals surface area contributed by atoms with E-state index in [9.17, 15) is 14.7 Å². The first-order chi connectivity index (χ1) is 9.00. The number of aliphatic carboxylic acids is 1. The second-order valence-electron chi connectivity index (χ2n) is 4.52. The predicted octanol–water partition coefficient (Wildman–Crippen LogP) is 1.18. The van der Waals surface area contributed by atoms with E-state index in [4.69, 9.17) is 4.74 Å². The molecule has 0 saturated carbocycles. The number of nitrogens with one attached hydrogen (secondary N) is 1. The summed E-state index contributed by atoms with van der Waals surface area (Å²) in [5.74, 6) is -1.31. The molecule has 2 N–H and O–H groups in total. The summed E-state index contributed by atoms with van der Waals surface area (Å²) in [5.41, 5.74) is -0.609. The van der Waals surface area contributed by atoms with E-state index in [-0.39, 0.29) is 12.3 Å². The van der Waals surface area contributed by atoms with Crippen molar-refractivity contribution in [2.75, 3.05) is 20.3 Å². The normalized spacial score (nSPS) is 13.6. The molecular formula is C14H19NO4. The summed E-state index contributed by atoms with van der Waals surface area (Å²) in [7, 11) is 1.54. The lowest BCUT2D eigenvalue weighted by Gasteiger charge is -2.24. The van der Waals surface area contributed by atoms with Crippen molar-refractivity contribution in [1.82, 2.24) is 5.32 Å². The lowest BCUT2D eigenvalue weighted by atomic mass is 9.79. The largest absolute Gasteiger partial charge is 0.481 e. The fourth-order valence-electron chi connectivity index (χ4n) is 1.78. The highest BCUT2D eigenvalue weighted by atomic mass is 16.5. The maximum Gasteiger partial charge on any atom is 0.314 e. The molecule has 0 heterocycles. The molecule has 0 aliphatic carbocycles. The topological polar surface area (TPSA) is 75.6 Å². The number of amides is 1. The van der Waals surface area contributed by atoms with Crippen molar-refractivity contribution in [3.05, 3.63) is 35.9 Å². The Kier molecular flexibility index (Phi) is 5.51. The molecule has 19 heavy (non-hydrogen) atoms. The summed E-state index contributed by atoms with van der Waals surface area (Å²) in [4.78, 5) is 23.3.